The fourth-order valence-electron chi connectivity index (χ4n) is 1.86. The summed E-state index contributed by atoms with van der Waals surface area (Å²) in [6.45, 7) is 6.57. The lowest BCUT2D eigenvalue weighted by atomic mass is 9.85. The largest absolute Gasteiger partial charge is 0.366 e. The van der Waals surface area contributed by atoms with Crippen molar-refractivity contribution in [2.24, 2.45) is 0 Å². The quantitative estimate of drug-likeness (QED) is 0.373. The smallest absolute Gasteiger partial charge is 0.105 e. The van der Waals surface area contributed by atoms with Crippen LogP contribution >= 0.6 is 12.2 Å². The fourth-order valence-corrected chi connectivity index (χ4v) is 2.01. The summed E-state index contributed by atoms with van der Waals surface area (Å²) < 4.78 is 0. The summed E-state index contributed by atoms with van der Waals surface area (Å²) in [5, 5.41) is 0. The Morgan fingerprint density at radius 3 is 2.27 bits per heavy atom. The standard InChI is InChI=1S/C12H26BNS/c1-5-12(14(4)11(3)15)9-7-6-8-10(2)13/h10,12H,5-9,13H2,1-4H3. The van der Waals surface area contributed by atoms with E-state index in [0.29, 0.717) is 6.04 Å². The Morgan fingerprint density at radius 2 is 1.87 bits per heavy atom. The molecule has 0 N–H and O–H groups in total. The van der Waals surface area contributed by atoms with E-state index in [0.717, 1.165) is 10.8 Å². The minimum atomic E-state index is 0.648. The maximum absolute atomic E-state index is 5.21. The summed E-state index contributed by atoms with van der Waals surface area (Å²) in [7, 11) is 4.42. The lowest BCUT2D eigenvalue weighted by molar-refractivity contribution is 0.328. The van der Waals surface area contributed by atoms with Gasteiger partial charge in [-0.15, -0.1) is 0 Å². The van der Waals surface area contributed by atoms with E-state index in [-0.39, 0.29) is 0 Å². The number of hydrogen-bond donors (Lipinski definition) is 0. The van der Waals surface area contributed by atoms with Crippen LogP contribution in [0.25, 0.3) is 0 Å². The Bertz CT molecular complexity index is 182. The molecule has 0 rings (SSSR count). The maximum atomic E-state index is 5.21. The fraction of sp³-hybridized carbons (Fsp3) is 0.917. The molecule has 0 saturated carbocycles. The molecular weight excluding hydrogens is 201 g/mol. The molecule has 0 aromatic heterocycles. The second kappa shape index (κ2) is 8.15. The van der Waals surface area contributed by atoms with Crippen molar-refractivity contribution < 1.29 is 0 Å². The molecule has 0 radical (unpaired) electrons. The van der Waals surface area contributed by atoms with Gasteiger partial charge in [0.1, 0.15) is 7.85 Å². The van der Waals surface area contributed by atoms with E-state index in [1.807, 2.05) is 6.92 Å². The van der Waals surface area contributed by atoms with E-state index in [4.69, 9.17) is 12.2 Å². The molecule has 0 aliphatic heterocycles. The van der Waals surface area contributed by atoms with E-state index in [1.54, 1.807) is 0 Å². The highest BCUT2D eigenvalue weighted by Crippen LogP contribution is 2.15. The van der Waals surface area contributed by atoms with Gasteiger partial charge in [-0.25, -0.2) is 0 Å². The Balaban J connectivity index is 3.75. The number of unbranched alkanes of at least 4 members (excludes halogenated alkanes) is 1. The summed E-state index contributed by atoms with van der Waals surface area (Å²) in [6, 6.07) is 0.648. The highest BCUT2D eigenvalue weighted by molar-refractivity contribution is 7.80. The highest BCUT2D eigenvalue weighted by atomic mass is 32.1. The van der Waals surface area contributed by atoms with Crippen molar-refractivity contribution in [2.45, 2.75) is 64.7 Å². The maximum Gasteiger partial charge on any atom is 0.105 e. The summed E-state index contributed by atoms with van der Waals surface area (Å²) in [5.41, 5.74) is 0. The molecule has 0 fully saturated rings. The first-order valence-corrected chi connectivity index (χ1v) is 6.63. The van der Waals surface area contributed by atoms with Gasteiger partial charge in [0.25, 0.3) is 0 Å². The molecule has 0 aliphatic rings. The third kappa shape index (κ3) is 6.94. The molecule has 0 amide bonds. The van der Waals surface area contributed by atoms with Gasteiger partial charge in [-0.3, -0.25) is 0 Å². The molecule has 88 valence electrons. The van der Waals surface area contributed by atoms with Gasteiger partial charge >= 0.3 is 0 Å². The van der Waals surface area contributed by atoms with Crippen molar-refractivity contribution in [3.05, 3.63) is 0 Å². The highest BCUT2D eigenvalue weighted by Gasteiger charge is 2.12. The van der Waals surface area contributed by atoms with E-state index >= 15 is 0 Å². The zero-order valence-corrected chi connectivity index (χ0v) is 11.9. The SMILES string of the molecule is BC(C)CCCCC(CC)N(C)C(C)=S. The molecule has 3 heteroatoms. The second-order valence-electron chi connectivity index (χ2n) is 4.87. The molecule has 0 aromatic carbocycles. The first-order chi connectivity index (χ1) is 6.99. The van der Waals surface area contributed by atoms with E-state index in [1.165, 1.54) is 32.1 Å². The predicted octanol–water partition coefficient (Wildman–Crippen LogP) is 3.05. The van der Waals surface area contributed by atoms with Gasteiger partial charge in [0.05, 0.1) is 4.99 Å². The Labute approximate surface area is 102 Å². The van der Waals surface area contributed by atoms with Crippen molar-refractivity contribution in [3.8, 4) is 0 Å². The topological polar surface area (TPSA) is 3.24 Å². The monoisotopic (exact) mass is 227 g/mol. The minimum absolute atomic E-state index is 0.648. The molecule has 2 unspecified atom stereocenters. The summed E-state index contributed by atoms with van der Waals surface area (Å²) >= 11 is 5.21. The predicted molar refractivity (Wildman–Crippen MR) is 76.6 cm³/mol. The van der Waals surface area contributed by atoms with Gasteiger partial charge in [-0.1, -0.05) is 51.1 Å². The van der Waals surface area contributed by atoms with Crippen LogP contribution in [0.3, 0.4) is 0 Å². The molecule has 1 nitrogen and oxygen atoms in total. The van der Waals surface area contributed by atoms with Crippen LogP contribution in [-0.2, 0) is 0 Å². The summed E-state index contributed by atoms with van der Waals surface area (Å²) in [5.74, 6) is 0.843. The first kappa shape index (κ1) is 15.0. The zero-order valence-electron chi connectivity index (χ0n) is 11.0. The molecule has 0 aliphatic carbocycles. The second-order valence-corrected chi connectivity index (χ2v) is 5.46. The average Bonchev–Trinajstić information content (AvgIpc) is 2.16. The van der Waals surface area contributed by atoms with Crippen LogP contribution in [0.5, 0.6) is 0 Å². The van der Waals surface area contributed by atoms with Gasteiger partial charge in [-0.2, -0.15) is 0 Å². The number of rotatable bonds is 7. The van der Waals surface area contributed by atoms with Gasteiger partial charge in [0.15, 0.2) is 0 Å². The van der Waals surface area contributed by atoms with E-state index < -0.39 is 0 Å². The zero-order chi connectivity index (χ0) is 11.8. The molecule has 0 bridgehead atoms. The minimum Gasteiger partial charge on any atom is -0.366 e. The molecule has 0 spiro atoms. The molecule has 15 heavy (non-hydrogen) atoms. The van der Waals surface area contributed by atoms with Crippen LogP contribution in [-0.4, -0.2) is 30.8 Å². The first-order valence-electron chi connectivity index (χ1n) is 6.22. The van der Waals surface area contributed by atoms with Crippen molar-refractivity contribution in [2.75, 3.05) is 7.05 Å². The Morgan fingerprint density at radius 1 is 1.33 bits per heavy atom. The Kier molecular flexibility index (Phi) is 8.12. The van der Waals surface area contributed by atoms with Crippen LogP contribution in [0.15, 0.2) is 0 Å². The Hall–Kier alpha value is -0.0451. The number of hydrogen-bond acceptors (Lipinski definition) is 1. The lowest BCUT2D eigenvalue weighted by Crippen LogP contribution is -2.33. The van der Waals surface area contributed by atoms with Crippen molar-refractivity contribution in [3.63, 3.8) is 0 Å². The van der Waals surface area contributed by atoms with Crippen molar-refractivity contribution >= 4 is 25.1 Å². The van der Waals surface area contributed by atoms with Crippen LogP contribution in [0.2, 0.25) is 5.82 Å². The normalized spacial score (nSPS) is 14.7. The number of thiocarbonyl (C=S) groups is 1. The number of nitrogens with zero attached hydrogens (tertiary/aromatic N) is 1. The summed E-state index contributed by atoms with van der Waals surface area (Å²) in [6.07, 6.45) is 6.54. The average molecular weight is 227 g/mol. The molecule has 0 heterocycles. The van der Waals surface area contributed by atoms with Crippen LogP contribution < -0.4 is 0 Å². The molecule has 0 saturated heterocycles. The van der Waals surface area contributed by atoms with Crippen LogP contribution in [0.4, 0.5) is 0 Å². The molecular formula is C12H26BNS. The van der Waals surface area contributed by atoms with Gasteiger partial charge in [-0.05, 0) is 19.8 Å². The molecule has 0 aromatic rings. The lowest BCUT2D eigenvalue weighted by Gasteiger charge is -2.28. The third-order valence-corrected chi connectivity index (χ3v) is 3.37. The van der Waals surface area contributed by atoms with Crippen LogP contribution in [0.1, 0.15) is 52.9 Å². The molecule has 2 atom stereocenters. The third-order valence-electron chi connectivity index (χ3n) is 3.08. The van der Waals surface area contributed by atoms with Crippen molar-refractivity contribution in [1.82, 2.24) is 4.90 Å². The van der Waals surface area contributed by atoms with E-state index in [2.05, 4.69) is 33.6 Å². The van der Waals surface area contributed by atoms with Crippen LogP contribution in [0, 0.1) is 0 Å². The van der Waals surface area contributed by atoms with Gasteiger partial charge in [0.2, 0.25) is 0 Å². The van der Waals surface area contributed by atoms with Gasteiger partial charge in [0, 0.05) is 13.1 Å². The van der Waals surface area contributed by atoms with Gasteiger partial charge < -0.3 is 4.90 Å². The van der Waals surface area contributed by atoms with E-state index in [9.17, 15) is 0 Å². The van der Waals surface area contributed by atoms with Crippen molar-refractivity contribution in [1.29, 1.82) is 0 Å². The summed E-state index contributed by atoms with van der Waals surface area (Å²) in [4.78, 5) is 3.27.